The molecule has 0 bridgehead atoms. The Kier molecular flexibility index (Phi) is 5.30. The van der Waals surface area contributed by atoms with Gasteiger partial charge in [0.1, 0.15) is 11.3 Å². The number of halogens is 6. The second-order valence-corrected chi connectivity index (χ2v) is 7.02. The lowest BCUT2D eigenvalue weighted by Crippen LogP contribution is -2.37. The molecule has 0 aliphatic carbocycles. The maximum absolute atomic E-state index is 13.8. The van der Waals surface area contributed by atoms with Crippen molar-refractivity contribution in [2.75, 3.05) is 36.9 Å². The number of carboxylic acid groups (broad SMARTS) is 1. The van der Waals surface area contributed by atoms with Crippen molar-refractivity contribution in [3.8, 4) is 11.4 Å². The van der Waals surface area contributed by atoms with Gasteiger partial charge in [0.25, 0.3) is 0 Å². The fraction of sp³-hybridized carbons (Fsp3) is 0.333. The highest BCUT2D eigenvalue weighted by Gasteiger charge is 2.42. The highest BCUT2D eigenvalue weighted by Crippen LogP contribution is 2.39. The fourth-order valence-corrected chi connectivity index (χ4v) is 3.48. The van der Waals surface area contributed by atoms with Crippen molar-refractivity contribution in [3.63, 3.8) is 0 Å². The van der Waals surface area contributed by atoms with Crippen LogP contribution in [0.15, 0.2) is 18.3 Å². The minimum Gasteiger partial charge on any atom is -0.478 e. The zero-order chi connectivity index (χ0) is 24.1. The molecule has 9 nitrogen and oxygen atoms in total. The van der Waals surface area contributed by atoms with E-state index in [0.717, 1.165) is 6.07 Å². The van der Waals surface area contributed by atoms with Gasteiger partial charge in [-0.05, 0) is 12.1 Å². The molecule has 0 unspecified atom stereocenters. The molecule has 0 radical (unpaired) electrons. The molecule has 0 atom stereocenters. The van der Waals surface area contributed by atoms with Gasteiger partial charge in [-0.15, -0.1) is 5.10 Å². The van der Waals surface area contributed by atoms with Gasteiger partial charge in [-0.2, -0.15) is 26.3 Å². The summed E-state index contributed by atoms with van der Waals surface area (Å²) in [5.74, 6) is -3.26. The Bertz CT molecular complexity index is 1230. The van der Waals surface area contributed by atoms with Gasteiger partial charge in [-0.1, -0.05) is 0 Å². The Hall–Kier alpha value is -3.62. The molecule has 4 rings (SSSR count). The molecule has 3 N–H and O–H groups in total. The molecule has 15 heteroatoms. The van der Waals surface area contributed by atoms with Crippen LogP contribution in [0.25, 0.3) is 16.9 Å². The lowest BCUT2D eigenvalue weighted by atomic mass is 10.1. The number of rotatable bonds is 3. The summed E-state index contributed by atoms with van der Waals surface area (Å²) in [5, 5.41) is 13.0. The van der Waals surface area contributed by atoms with Crippen LogP contribution in [0.1, 0.15) is 21.6 Å². The third kappa shape index (κ3) is 4.10. The number of aromatic carboxylic acids is 1. The van der Waals surface area contributed by atoms with Crippen LogP contribution in [-0.2, 0) is 17.1 Å². The molecule has 0 spiro atoms. The topological polar surface area (TPSA) is 119 Å². The average Bonchev–Trinajstić information content (AvgIpc) is 3.13. The number of morpholine rings is 1. The van der Waals surface area contributed by atoms with Gasteiger partial charge >= 0.3 is 18.3 Å². The third-order valence-electron chi connectivity index (χ3n) is 4.89. The summed E-state index contributed by atoms with van der Waals surface area (Å²) in [4.78, 5) is 20.7. The Balaban J connectivity index is 2.08. The molecule has 1 saturated heterocycles. The van der Waals surface area contributed by atoms with Crippen molar-refractivity contribution < 1.29 is 41.0 Å². The van der Waals surface area contributed by atoms with Crippen molar-refractivity contribution in [3.05, 3.63) is 35.2 Å². The second-order valence-electron chi connectivity index (χ2n) is 7.02. The van der Waals surface area contributed by atoms with Crippen LogP contribution in [0.5, 0.6) is 0 Å². The number of carboxylic acids is 1. The summed E-state index contributed by atoms with van der Waals surface area (Å²) in [5.41, 5.74) is 0.244. The van der Waals surface area contributed by atoms with Crippen molar-refractivity contribution >= 4 is 23.1 Å². The van der Waals surface area contributed by atoms with Crippen molar-refractivity contribution in [1.82, 2.24) is 19.6 Å². The number of carbonyl (C=O) groups is 1. The molecule has 3 aromatic rings. The SMILES string of the molecule is Nc1cc(C(F)(F)F)c(-c2nc(N3CCOCC3)c3cc(C(=O)O)c(C(F)(F)F)n3n2)cn1. The van der Waals surface area contributed by atoms with Gasteiger partial charge in [-0.25, -0.2) is 19.3 Å². The minimum atomic E-state index is -5.18. The van der Waals surface area contributed by atoms with Crippen LogP contribution in [0.3, 0.4) is 0 Å². The molecular formula is C18H14F6N6O3. The summed E-state index contributed by atoms with van der Waals surface area (Å²) in [6, 6.07) is 1.26. The molecule has 3 aromatic heterocycles. The second kappa shape index (κ2) is 7.75. The first-order chi connectivity index (χ1) is 15.4. The number of pyridine rings is 1. The van der Waals surface area contributed by atoms with E-state index in [1.165, 1.54) is 4.90 Å². The zero-order valence-corrected chi connectivity index (χ0v) is 16.4. The lowest BCUT2D eigenvalue weighted by Gasteiger charge is -2.28. The number of fused-ring (bicyclic) bond motifs is 1. The summed E-state index contributed by atoms with van der Waals surface area (Å²) in [7, 11) is 0. The van der Waals surface area contributed by atoms with Gasteiger partial charge in [0.15, 0.2) is 17.3 Å². The number of nitrogens with zero attached hydrogens (tertiary/aromatic N) is 5. The zero-order valence-electron chi connectivity index (χ0n) is 16.4. The quantitative estimate of drug-likeness (QED) is 0.554. The third-order valence-corrected chi connectivity index (χ3v) is 4.89. The van der Waals surface area contributed by atoms with E-state index < -0.39 is 52.3 Å². The molecule has 0 amide bonds. The largest absolute Gasteiger partial charge is 0.478 e. The summed E-state index contributed by atoms with van der Waals surface area (Å²) < 4.78 is 87.8. The van der Waals surface area contributed by atoms with Crippen LogP contribution in [0.4, 0.5) is 38.0 Å². The molecule has 1 fully saturated rings. The van der Waals surface area contributed by atoms with Crippen LogP contribution in [0, 0.1) is 0 Å². The number of alkyl halides is 6. The number of nitrogen functional groups attached to an aromatic ring is 1. The monoisotopic (exact) mass is 476 g/mol. The highest BCUT2D eigenvalue weighted by atomic mass is 19.4. The van der Waals surface area contributed by atoms with Gasteiger partial charge in [0, 0.05) is 19.3 Å². The Morgan fingerprint density at radius 3 is 2.33 bits per heavy atom. The van der Waals surface area contributed by atoms with Gasteiger partial charge in [-0.3, -0.25) is 0 Å². The first-order valence-corrected chi connectivity index (χ1v) is 9.28. The maximum atomic E-state index is 13.8. The van der Waals surface area contributed by atoms with E-state index >= 15 is 0 Å². The van der Waals surface area contributed by atoms with E-state index in [4.69, 9.17) is 10.5 Å². The number of nitrogens with two attached hydrogens (primary N) is 1. The Morgan fingerprint density at radius 1 is 1.09 bits per heavy atom. The van der Waals surface area contributed by atoms with Crippen LogP contribution in [-0.4, -0.2) is 57.0 Å². The molecule has 33 heavy (non-hydrogen) atoms. The number of ether oxygens (including phenoxy) is 1. The predicted octanol–water partition coefficient (Wildman–Crippen LogP) is 2.95. The first kappa shape index (κ1) is 22.6. The molecule has 0 saturated carbocycles. The number of anilines is 2. The number of hydrogen-bond donors (Lipinski definition) is 2. The summed E-state index contributed by atoms with van der Waals surface area (Å²) in [6.45, 7) is 0.684. The van der Waals surface area contributed by atoms with E-state index in [2.05, 4.69) is 15.1 Å². The number of aromatic nitrogens is 4. The van der Waals surface area contributed by atoms with E-state index in [-0.39, 0.29) is 42.2 Å². The van der Waals surface area contributed by atoms with E-state index in [9.17, 15) is 36.2 Å². The van der Waals surface area contributed by atoms with E-state index in [0.29, 0.717) is 12.3 Å². The minimum absolute atomic E-state index is 0.160. The normalized spacial score (nSPS) is 15.3. The molecule has 0 aromatic carbocycles. The molecule has 1 aliphatic rings. The van der Waals surface area contributed by atoms with Crippen molar-refractivity contribution in [2.45, 2.75) is 12.4 Å². The molecule has 1 aliphatic heterocycles. The van der Waals surface area contributed by atoms with Crippen LogP contribution < -0.4 is 10.6 Å². The van der Waals surface area contributed by atoms with E-state index in [1.54, 1.807) is 0 Å². The highest BCUT2D eigenvalue weighted by molar-refractivity contribution is 5.93. The first-order valence-electron chi connectivity index (χ1n) is 9.28. The van der Waals surface area contributed by atoms with E-state index in [1.807, 2.05) is 0 Å². The summed E-state index contributed by atoms with van der Waals surface area (Å²) in [6.07, 6.45) is -9.42. The molecule has 176 valence electrons. The van der Waals surface area contributed by atoms with Crippen molar-refractivity contribution in [1.29, 1.82) is 0 Å². The predicted molar refractivity (Wildman–Crippen MR) is 101 cm³/mol. The van der Waals surface area contributed by atoms with Gasteiger partial charge in [0.05, 0.1) is 29.9 Å². The van der Waals surface area contributed by atoms with Gasteiger partial charge < -0.3 is 20.5 Å². The lowest BCUT2D eigenvalue weighted by molar-refractivity contribution is -0.143. The maximum Gasteiger partial charge on any atom is 0.434 e. The summed E-state index contributed by atoms with van der Waals surface area (Å²) >= 11 is 0. The average molecular weight is 476 g/mol. The smallest absolute Gasteiger partial charge is 0.434 e. The molecular weight excluding hydrogens is 462 g/mol. The van der Waals surface area contributed by atoms with Crippen molar-refractivity contribution in [2.24, 2.45) is 0 Å². The number of hydrogen-bond acceptors (Lipinski definition) is 7. The fourth-order valence-electron chi connectivity index (χ4n) is 3.48. The van der Waals surface area contributed by atoms with Crippen LogP contribution in [0.2, 0.25) is 0 Å². The molecule has 4 heterocycles. The Morgan fingerprint density at radius 2 is 1.76 bits per heavy atom. The standard InChI is InChI=1S/C18H14F6N6O3/c19-17(20,21)10-6-12(25)26-7-9(10)14-27-15(29-1-3-33-4-2-29)11-5-8(16(31)32)13(18(22,23)24)30(11)28-14/h5-7H,1-4H2,(H2,25,26)(H,31,32). The Labute approximate surface area is 180 Å². The van der Waals surface area contributed by atoms with Gasteiger partial charge in [0.2, 0.25) is 0 Å². The van der Waals surface area contributed by atoms with Crippen LogP contribution >= 0.6 is 0 Å².